The average molecular weight is 382 g/mol. The van der Waals surface area contributed by atoms with Crippen molar-refractivity contribution in [3.8, 4) is 0 Å². The minimum absolute atomic E-state index is 0.165. The van der Waals surface area contributed by atoms with Gasteiger partial charge in [0, 0.05) is 28.7 Å². The number of carbonyl (C=O) groups excluding carboxylic acids is 2. The van der Waals surface area contributed by atoms with Crippen LogP contribution in [-0.4, -0.2) is 17.0 Å². The molecule has 3 rings (SSSR count). The first-order valence-electron chi connectivity index (χ1n) is 9.89. The molecule has 2 aromatic rings. The molecule has 0 aliphatic heterocycles. The summed E-state index contributed by atoms with van der Waals surface area (Å²) in [7, 11) is 0. The van der Waals surface area contributed by atoms with Gasteiger partial charge in [0.15, 0.2) is 5.78 Å². The summed E-state index contributed by atoms with van der Waals surface area (Å²) in [5.74, 6) is -2.51. The van der Waals surface area contributed by atoms with Crippen molar-refractivity contribution in [2.75, 3.05) is 0 Å². The normalized spacial score (nSPS) is 17.8. The van der Waals surface area contributed by atoms with Gasteiger partial charge in [-0.2, -0.15) is 4.89 Å². The third-order valence-electron chi connectivity index (χ3n) is 5.12. The zero-order chi connectivity index (χ0) is 20.1. The number of fused-ring (bicyclic) bond motifs is 2. The second-order valence-corrected chi connectivity index (χ2v) is 7.14. The number of hydrogen-bond acceptors (Lipinski definition) is 5. The molecule has 5 heteroatoms. The van der Waals surface area contributed by atoms with Gasteiger partial charge >= 0.3 is 5.97 Å². The molecule has 0 saturated heterocycles. The van der Waals surface area contributed by atoms with Gasteiger partial charge in [0.05, 0.1) is 0 Å². The smallest absolute Gasteiger partial charge is 0.308 e. The van der Waals surface area contributed by atoms with Crippen LogP contribution in [0.25, 0.3) is 0 Å². The zero-order valence-electron chi connectivity index (χ0n) is 16.4. The molecule has 5 nitrogen and oxygen atoms in total. The van der Waals surface area contributed by atoms with Crippen LogP contribution in [0.15, 0.2) is 42.5 Å². The van der Waals surface area contributed by atoms with Crippen LogP contribution in [0.4, 0.5) is 0 Å². The van der Waals surface area contributed by atoms with Crippen molar-refractivity contribution in [3.05, 3.63) is 70.3 Å². The number of ether oxygens (including phenoxy) is 1. The van der Waals surface area contributed by atoms with Gasteiger partial charge in [-0.15, -0.1) is 0 Å². The quantitative estimate of drug-likeness (QED) is 0.229. The Morgan fingerprint density at radius 2 is 1.75 bits per heavy atom. The van der Waals surface area contributed by atoms with E-state index in [0.29, 0.717) is 28.7 Å². The van der Waals surface area contributed by atoms with Gasteiger partial charge < -0.3 is 4.74 Å². The highest BCUT2D eigenvalue weighted by molar-refractivity contribution is 6.13. The fourth-order valence-corrected chi connectivity index (χ4v) is 3.70. The standard InChI is InChI=1S/C23H26O5/c1-3-5-6-10-16-13-14-20-18(15-16)22(25)17-11-7-8-12-19(17)23(20,28-26)27-21(24)9-4-2/h7-8,11-15,26H,3-6,9-10H2,1-2H3. The summed E-state index contributed by atoms with van der Waals surface area (Å²) in [5, 5.41) is 9.89. The van der Waals surface area contributed by atoms with Crippen LogP contribution in [0.2, 0.25) is 0 Å². The summed E-state index contributed by atoms with van der Waals surface area (Å²) >= 11 is 0. The first-order valence-corrected chi connectivity index (χ1v) is 9.89. The average Bonchev–Trinajstić information content (AvgIpc) is 2.71. The lowest BCUT2D eigenvalue weighted by Crippen LogP contribution is -2.41. The zero-order valence-corrected chi connectivity index (χ0v) is 16.4. The van der Waals surface area contributed by atoms with E-state index in [0.717, 1.165) is 31.2 Å². The molecule has 0 saturated carbocycles. The van der Waals surface area contributed by atoms with Crippen molar-refractivity contribution in [3.63, 3.8) is 0 Å². The summed E-state index contributed by atoms with van der Waals surface area (Å²) in [5.41, 5.74) is 2.47. The first-order chi connectivity index (χ1) is 13.6. The summed E-state index contributed by atoms with van der Waals surface area (Å²) < 4.78 is 5.64. The van der Waals surface area contributed by atoms with Crippen LogP contribution >= 0.6 is 0 Å². The fraction of sp³-hybridized carbons (Fsp3) is 0.391. The summed E-state index contributed by atoms with van der Waals surface area (Å²) in [6.45, 7) is 4.01. The van der Waals surface area contributed by atoms with Crippen molar-refractivity contribution < 1.29 is 24.5 Å². The van der Waals surface area contributed by atoms with E-state index in [2.05, 4.69) is 6.92 Å². The molecule has 1 aliphatic rings. The molecule has 0 radical (unpaired) electrons. The Balaban J connectivity index is 2.12. The number of esters is 1. The van der Waals surface area contributed by atoms with Gasteiger partial charge in [-0.25, -0.2) is 5.26 Å². The molecule has 0 fully saturated rings. The third kappa shape index (κ3) is 3.60. The second-order valence-electron chi connectivity index (χ2n) is 7.14. The van der Waals surface area contributed by atoms with Crippen LogP contribution in [0.3, 0.4) is 0 Å². The number of aryl methyl sites for hydroxylation is 1. The number of rotatable bonds is 8. The highest BCUT2D eigenvalue weighted by Gasteiger charge is 2.49. The fourth-order valence-electron chi connectivity index (χ4n) is 3.70. The van der Waals surface area contributed by atoms with Crippen LogP contribution in [0, 0.1) is 0 Å². The van der Waals surface area contributed by atoms with Crippen LogP contribution in [0.1, 0.15) is 78.6 Å². The predicted molar refractivity (Wildman–Crippen MR) is 105 cm³/mol. The van der Waals surface area contributed by atoms with Crippen molar-refractivity contribution in [1.82, 2.24) is 0 Å². The van der Waals surface area contributed by atoms with E-state index in [-0.39, 0.29) is 12.2 Å². The van der Waals surface area contributed by atoms with Gasteiger partial charge in [0.2, 0.25) is 0 Å². The van der Waals surface area contributed by atoms with Gasteiger partial charge in [0.25, 0.3) is 5.79 Å². The number of unbranched alkanes of at least 4 members (excludes halogenated alkanes) is 2. The third-order valence-corrected chi connectivity index (χ3v) is 5.12. The highest BCUT2D eigenvalue weighted by Crippen LogP contribution is 2.43. The lowest BCUT2D eigenvalue weighted by atomic mass is 9.79. The Bertz CT molecular complexity index is 873. The van der Waals surface area contributed by atoms with Crippen molar-refractivity contribution >= 4 is 11.8 Å². The number of ketones is 1. The number of benzene rings is 2. The Hall–Kier alpha value is -2.50. The number of carbonyl (C=O) groups is 2. The van der Waals surface area contributed by atoms with E-state index in [1.165, 1.54) is 0 Å². The topological polar surface area (TPSA) is 72.8 Å². The first kappa shape index (κ1) is 20.2. The molecule has 0 aromatic heterocycles. The van der Waals surface area contributed by atoms with Crippen LogP contribution in [-0.2, 0) is 26.6 Å². The van der Waals surface area contributed by atoms with E-state index < -0.39 is 11.8 Å². The van der Waals surface area contributed by atoms with Gasteiger partial charge in [0.1, 0.15) is 0 Å². The maximum Gasteiger partial charge on any atom is 0.308 e. The maximum absolute atomic E-state index is 13.1. The van der Waals surface area contributed by atoms with E-state index >= 15 is 0 Å². The SMILES string of the molecule is CCCCCc1ccc2c(c1)C(=O)c1ccccc1C2(OO)OC(=O)CCC. The molecule has 1 aliphatic carbocycles. The van der Waals surface area contributed by atoms with Crippen molar-refractivity contribution in [2.24, 2.45) is 0 Å². The molecular formula is C23H26O5. The largest absolute Gasteiger partial charge is 0.421 e. The molecule has 1 unspecified atom stereocenters. The van der Waals surface area contributed by atoms with Gasteiger partial charge in [-0.3, -0.25) is 9.59 Å². The lowest BCUT2D eigenvalue weighted by Gasteiger charge is -2.36. The second kappa shape index (κ2) is 8.67. The summed E-state index contributed by atoms with van der Waals surface area (Å²) in [6.07, 6.45) is 4.92. The van der Waals surface area contributed by atoms with Gasteiger partial charge in [-0.1, -0.05) is 63.1 Å². The Kier molecular flexibility index (Phi) is 6.27. The Morgan fingerprint density at radius 1 is 1.00 bits per heavy atom. The van der Waals surface area contributed by atoms with Crippen molar-refractivity contribution in [2.45, 2.75) is 58.2 Å². The Labute approximate surface area is 165 Å². The van der Waals surface area contributed by atoms with E-state index in [1.807, 2.05) is 19.1 Å². The molecule has 1 atom stereocenters. The summed E-state index contributed by atoms with van der Waals surface area (Å²) in [6, 6.07) is 12.2. The lowest BCUT2D eigenvalue weighted by molar-refractivity contribution is -0.384. The molecule has 1 N–H and O–H groups in total. The molecule has 28 heavy (non-hydrogen) atoms. The van der Waals surface area contributed by atoms with Gasteiger partial charge in [-0.05, 0) is 30.9 Å². The predicted octanol–water partition coefficient (Wildman–Crippen LogP) is 5.00. The van der Waals surface area contributed by atoms with E-state index in [4.69, 9.17) is 9.62 Å². The molecule has 0 bridgehead atoms. The monoisotopic (exact) mass is 382 g/mol. The number of hydrogen-bond donors (Lipinski definition) is 1. The summed E-state index contributed by atoms with van der Waals surface area (Å²) in [4.78, 5) is 30.3. The van der Waals surface area contributed by atoms with Crippen LogP contribution < -0.4 is 0 Å². The molecule has 0 amide bonds. The molecule has 0 heterocycles. The Morgan fingerprint density at radius 3 is 2.46 bits per heavy atom. The minimum atomic E-state index is -1.84. The van der Waals surface area contributed by atoms with Crippen molar-refractivity contribution in [1.29, 1.82) is 0 Å². The molecule has 2 aromatic carbocycles. The van der Waals surface area contributed by atoms with Crippen LogP contribution in [0.5, 0.6) is 0 Å². The molecule has 148 valence electrons. The maximum atomic E-state index is 13.1. The minimum Gasteiger partial charge on any atom is -0.421 e. The van der Waals surface area contributed by atoms with E-state index in [1.54, 1.807) is 30.3 Å². The van der Waals surface area contributed by atoms with E-state index in [9.17, 15) is 14.8 Å². The molecule has 0 spiro atoms. The molecular weight excluding hydrogens is 356 g/mol. The highest BCUT2D eigenvalue weighted by atomic mass is 17.1.